The highest BCUT2D eigenvalue weighted by atomic mass is 35.5. The molecule has 0 unspecified atom stereocenters. The molecule has 3 nitrogen and oxygen atoms in total. The number of carbonyl (C=O) groups is 1. The van der Waals surface area contributed by atoms with Crippen LogP contribution in [0.1, 0.15) is 15.9 Å². The van der Waals surface area contributed by atoms with E-state index in [0.29, 0.717) is 6.07 Å². The van der Waals surface area contributed by atoms with E-state index in [1.54, 1.807) is 0 Å². The maximum atomic E-state index is 12.9. The fourth-order valence-electron chi connectivity index (χ4n) is 1.72. The van der Waals surface area contributed by atoms with E-state index in [-0.39, 0.29) is 22.0 Å². The zero-order valence-corrected chi connectivity index (χ0v) is 11.6. The van der Waals surface area contributed by atoms with Crippen molar-refractivity contribution < 1.29 is 22.4 Å². The summed E-state index contributed by atoms with van der Waals surface area (Å²) in [5.41, 5.74) is 4.30. The summed E-state index contributed by atoms with van der Waals surface area (Å²) in [6.07, 6.45) is -4.53. The fourth-order valence-corrected chi connectivity index (χ4v) is 1.97. The molecule has 0 aliphatic carbocycles. The molecule has 0 spiro atoms. The summed E-state index contributed by atoms with van der Waals surface area (Å²) < 4.78 is 50.5. The van der Waals surface area contributed by atoms with Crippen LogP contribution in [-0.2, 0) is 6.18 Å². The molecule has 0 radical (unpaired) electrons. The maximum absolute atomic E-state index is 12.9. The second kappa shape index (κ2) is 5.84. The third-order valence-electron chi connectivity index (χ3n) is 2.80. The van der Waals surface area contributed by atoms with Crippen molar-refractivity contribution in [2.24, 2.45) is 0 Å². The Morgan fingerprint density at radius 1 is 1.14 bits per heavy atom. The molecular formula is C14H9ClF4N2O. The molecule has 22 heavy (non-hydrogen) atoms. The van der Waals surface area contributed by atoms with Gasteiger partial charge < -0.3 is 11.1 Å². The van der Waals surface area contributed by atoms with Crippen LogP contribution in [0.5, 0.6) is 0 Å². The average Bonchev–Trinajstić information content (AvgIpc) is 2.39. The van der Waals surface area contributed by atoms with Crippen LogP contribution < -0.4 is 11.1 Å². The van der Waals surface area contributed by atoms with E-state index in [1.807, 2.05) is 0 Å². The van der Waals surface area contributed by atoms with E-state index in [4.69, 9.17) is 17.3 Å². The number of halogens is 5. The third-order valence-corrected chi connectivity index (χ3v) is 3.12. The number of nitrogen functional groups attached to an aromatic ring is 1. The average molecular weight is 333 g/mol. The molecule has 116 valence electrons. The zero-order chi connectivity index (χ0) is 16.5. The summed E-state index contributed by atoms with van der Waals surface area (Å²) in [5.74, 6) is -1.33. The molecule has 0 bridgehead atoms. The molecule has 0 saturated heterocycles. The van der Waals surface area contributed by atoms with E-state index in [0.717, 1.165) is 30.3 Å². The number of rotatable bonds is 2. The van der Waals surface area contributed by atoms with Gasteiger partial charge in [-0.2, -0.15) is 13.2 Å². The van der Waals surface area contributed by atoms with Gasteiger partial charge in [0.2, 0.25) is 0 Å². The molecule has 8 heteroatoms. The number of amides is 1. The molecule has 0 aliphatic rings. The normalized spacial score (nSPS) is 11.3. The van der Waals surface area contributed by atoms with Crippen LogP contribution in [0, 0.1) is 5.82 Å². The van der Waals surface area contributed by atoms with Crippen LogP contribution in [-0.4, -0.2) is 5.91 Å². The minimum atomic E-state index is -4.53. The number of anilines is 2. The molecule has 0 aliphatic heterocycles. The minimum Gasteiger partial charge on any atom is -0.397 e. The van der Waals surface area contributed by atoms with Crippen LogP contribution in [0.15, 0.2) is 36.4 Å². The molecule has 2 aromatic rings. The SMILES string of the molecule is Nc1cc(C(F)(F)F)ccc1NC(=O)c1ccc(F)cc1Cl. The fraction of sp³-hybridized carbons (Fsp3) is 0.0714. The number of benzene rings is 2. The van der Waals surface area contributed by atoms with Crippen LogP contribution in [0.3, 0.4) is 0 Å². The smallest absolute Gasteiger partial charge is 0.397 e. The first-order chi connectivity index (χ1) is 10.2. The quantitative estimate of drug-likeness (QED) is 0.635. The van der Waals surface area contributed by atoms with Gasteiger partial charge in [0.25, 0.3) is 5.91 Å². The van der Waals surface area contributed by atoms with Gasteiger partial charge in [-0.3, -0.25) is 4.79 Å². The summed E-state index contributed by atoms with van der Waals surface area (Å²) >= 11 is 5.73. The van der Waals surface area contributed by atoms with Crippen molar-refractivity contribution in [3.63, 3.8) is 0 Å². The molecular weight excluding hydrogens is 324 g/mol. The summed E-state index contributed by atoms with van der Waals surface area (Å²) in [6.45, 7) is 0. The van der Waals surface area contributed by atoms with Crippen molar-refractivity contribution in [2.45, 2.75) is 6.18 Å². The zero-order valence-electron chi connectivity index (χ0n) is 10.8. The first-order valence-electron chi connectivity index (χ1n) is 5.91. The molecule has 2 rings (SSSR count). The lowest BCUT2D eigenvalue weighted by atomic mass is 10.1. The van der Waals surface area contributed by atoms with Gasteiger partial charge in [0.05, 0.1) is 27.5 Å². The third kappa shape index (κ3) is 3.48. The lowest BCUT2D eigenvalue weighted by molar-refractivity contribution is -0.137. The topological polar surface area (TPSA) is 55.1 Å². The first kappa shape index (κ1) is 16.1. The Balaban J connectivity index is 2.25. The summed E-state index contributed by atoms with van der Waals surface area (Å²) in [7, 11) is 0. The number of nitrogens with one attached hydrogen (secondary N) is 1. The number of nitrogens with two attached hydrogens (primary N) is 1. The molecule has 2 aromatic carbocycles. The standard InChI is InChI=1S/C14H9ClF4N2O/c15-10-6-8(16)2-3-9(10)13(22)21-12-4-1-7(5-11(12)20)14(17,18)19/h1-6H,20H2,(H,21,22). The molecule has 0 heterocycles. The summed E-state index contributed by atoms with van der Waals surface area (Å²) in [4.78, 5) is 12.0. The van der Waals surface area contributed by atoms with Crippen LogP contribution in [0.2, 0.25) is 5.02 Å². The Bertz CT molecular complexity index is 731. The Labute approximate surface area is 127 Å². The van der Waals surface area contributed by atoms with Crippen molar-refractivity contribution in [3.05, 3.63) is 58.4 Å². The monoisotopic (exact) mass is 332 g/mol. The van der Waals surface area contributed by atoms with Crippen molar-refractivity contribution in [2.75, 3.05) is 11.1 Å². The predicted molar refractivity (Wildman–Crippen MR) is 75.2 cm³/mol. The van der Waals surface area contributed by atoms with E-state index >= 15 is 0 Å². The minimum absolute atomic E-state index is 0.00149. The Kier molecular flexibility index (Phi) is 4.27. The van der Waals surface area contributed by atoms with Gasteiger partial charge in [0.15, 0.2) is 0 Å². The lowest BCUT2D eigenvalue weighted by Gasteiger charge is -2.12. The second-order valence-electron chi connectivity index (χ2n) is 4.38. The Hall–Kier alpha value is -2.28. The van der Waals surface area contributed by atoms with E-state index in [1.165, 1.54) is 0 Å². The second-order valence-corrected chi connectivity index (χ2v) is 4.79. The van der Waals surface area contributed by atoms with Gasteiger partial charge in [0, 0.05) is 0 Å². The molecule has 1 amide bonds. The van der Waals surface area contributed by atoms with E-state index < -0.39 is 23.5 Å². The number of hydrogen-bond acceptors (Lipinski definition) is 2. The van der Waals surface area contributed by atoms with Crippen molar-refractivity contribution in [1.29, 1.82) is 0 Å². The van der Waals surface area contributed by atoms with Crippen molar-refractivity contribution >= 4 is 28.9 Å². The summed E-state index contributed by atoms with van der Waals surface area (Å²) in [6, 6.07) is 5.68. The van der Waals surface area contributed by atoms with Crippen LogP contribution >= 0.6 is 11.6 Å². The largest absolute Gasteiger partial charge is 0.416 e. The van der Waals surface area contributed by atoms with E-state index in [9.17, 15) is 22.4 Å². The van der Waals surface area contributed by atoms with Gasteiger partial charge in [-0.1, -0.05) is 11.6 Å². The Morgan fingerprint density at radius 2 is 1.82 bits per heavy atom. The van der Waals surface area contributed by atoms with Gasteiger partial charge >= 0.3 is 6.18 Å². The van der Waals surface area contributed by atoms with Crippen molar-refractivity contribution in [3.8, 4) is 0 Å². The molecule has 0 aromatic heterocycles. The van der Waals surface area contributed by atoms with Gasteiger partial charge in [-0.25, -0.2) is 4.39 Å². The maximum Gasteiger partial charge on any atom is 0.416 e. The van der Waals surface area contributed by atoms with E-state index in [2.05, 4.69) is 5.32 Å². The molecule has 0 atom stereocenters. The van der Waals surface area contributed by atoms with Crippen LogP contribution in [0.4, 0.5) is 28.9 Å². The van der Waals surface area contributed by atoms with Gasteiger partial charge in [0.1, 0.15) is 5.82 Å². The van der Waals surface area contributed by atoms with Crippen LogP contribution in [0.25, 0.3) is 0 Å². The number of hydrogen-bond donors (Lipinski definition) is 2. The first-order valence-corrected chi connectivity index (χ1v) is 6.29. The van der Waals surface area contributed by atoms with Gasteiger partial charge in [-0.15, -0.1) is 0 Å². The highest BCUT2D eigenvalue weighted by molar-refractivity contribution is 6.34. The Morgan fingerprint density at radius 3 is 2.36 bits per heavy atom. The molecule has 0 saturated carbocycles. The lowest BCUT2D eigenvalue weighted by Crippen LogP contribution is -2.14. The van der Waals surface area contributed by atoms with Crippen molar-refractivity contribution in [1.82, 2.24) is 0 Å². The number of carbonyl (C=O) groups excluding carboxylic acids is 1. The number of alkyl halides is 3. The highest BCUT2D eigenvalue weighted by Gasteiger charge is 2.30. The molecule has 0 fully saturated rings. The predicted octanol–water partition coefficient (Wildman–Crippen LogP) is 4.33. The molecule has 3 N–H and O–H groups in total. The summed E-state index contributed by atoms with van der Waals surface area (Å²) in [5, 5.41) is 2.21. The highest BCUT2D eigenvalue weighted by Crippen LogP contribution is 2.33. The van der Waals surface area contributed by atoms with Gasteiger partial charge in [-0.05, 0) is 36.4 Å².